The average Bonchev–Trinajstić information content (AvgIpc) is 2.60. The van der Waals surface area contributed by atoms with Gasteiger partial charge in [-0.1, -0.05) is 0 Å². The van der Waals surface area contributed by atoms with Gasteiger partial charge in [0.2, 0.25) is 0 Å². The third-order valence-electron chi connectivity index (χ3n) is 1.26. The van der Waals surface area contributed by atoms with Crippen molar-refractivity contribution in [3.63, 3.8) is 0 Å². The van der Waals surface area contributed by atoms with Gasteiger partial charge < -0.3 is 24.8 Å². The van der Waals surface area contributed by atoms with Crippen LogP contribution in [0.5, 0.6) is 0 Å². The quantitative estimate of drug-likeness (QED) is 0.291. The zero-order chi connectivity index (χ0) is 7.52. The van der Waals surface area contributed by atoms with Gasteiger partial charge in [0.1, 0.15) is 0 Å². The normalized spacial score (nSPS) is 23.1. The van der Waals surface area contributed by atoms with Crippen LogP contribution in [0.25, 0.3) is 0 Å². The van der Waals surface area contributed by atoms with E-state index in [0.29, 0.717) is 30.6 Å². The first kappa shape index (κ1) is 15.4. The average molecular weight is 452 g/mol. The summed E-state index contributed by atoms with van der Waals surface area (Å²) in [6, 6.07) is 0. The zero-order valence-corrected chi connectivity index (χ0v) is 16.4. The van der Waals surface area contributed by atoms with Crippen molar-refractivity contribution in [3.05, 3.63) is 21.9 Å². The second-order valence-corrected chi connectivity index (χ2v) is 16.8. The van der Waals surface area contributed by atoms with Crippen LogP contribution in [0, 0.1) is 0 Å². The molecule has 2 aliphatic heterocycles. The van der Waals surface area contributed by atoms with Gasteiger partial charge in [-0.25, -0.2) is 0 Å². The predicted molar refractivity (Wildman–Crippen MR) is 56.4 cm³/mol. The summed E-state index contributed by atoms with van der Waals surface area (Å²) < 4.78 is 3.68. The molecule has 0 saturated carbocycles. The van der Waals surface area contributed by atoms with Gasteiger partial charge in [0.25, 0.3) is 0 Å². The molecule has 2 heterocycles. The fourth-order valence-electron chi connectivity index (χ4n) is 0.791. The molecule has 0 aromatic rings. The van der Waals surface area contributed by atoms with Crippen molar-refractivity contribution in [1.29, 1.82) is 0 Å². The smallest absolute Gasteiger partial charge is 1.00 e. The minimum absolute atomic E-state index is 0. The van der Waals surface area contributed by atoms with Gasteiger partial charge in [-0.3, -0.25) is 0 Å². The molecule has 0 spiro atoms. The Hall–Kier alpha value is 2.40. The summed E-state index contributed by atoms with van der Waals surface area (Å²) in [6.07, 6.45) is 4.87. The van der Waals surface area contributed by atoms with Crippen LogP contribution >= 0.6 is 13.5 Å². The van der Waals surface area contributed by atoms with E-state index in [1.165, 1.54) is 0 Å². The van der Waals surface area contributed by atoms with Crippen molar-refractivity contribution < 1.29 is 48.0 Å². The number of allylic oxidation sites excluding steroid dienone is 2. The molecular weight excluding hydrogens is 446 g/mol. The SMILES string of the molecule is C1=C[C]([Zr+2][C]2=P[AsH]C=C2)=P[AsH]1.[Cl-].[Cl-]. The van der Waals surface area contributed by atoms with E-state index < -0.39 is 0 Å². The van der Waals surface area contributed by atoms with E-state index in [2.05, 4.69) is 21.9 Å². The summed E-state index contributed by atoms with van der Waals surface area (Å²) in [4.78, 5) is 4.90. The molecule has 7 heteroatoms. The predicted octanol–water partition coefficient (Wildman–Crippen LogP) is -5.01. The molecule has 0 amide bonds. The van der Waals surface area contributed by atoms with E-state index in [-0.39, 0.29) is 48.0 Å². The fourth-order valence-corrected chi connectivity index (χ4v) is 22.7. The molecular formula is C6H6As2Cl2P2Zr. The number of halogens is 2. The first-order chi connectivity index (χ1) is 5.45. The third kappa shape index (κ3) is 5.32. The van der Waals surface area contributed by atoms with Crippen LogP contribution in [0.15, 0.2) is 21.9 Å². The van der Waals surface area contributed by atoms with E-state index in [1.807, 2.05) is 6.00 Å². The summed E-state index contributed by atoms with van der Waals surface area (Å²) in [5, 5.41) is 0. The van der Waals surface area contributed by atoms with Gasteiger partial charge in [0, 0.05) is 0 Å². The van der Waals surface area contributed by atoms with Gasteiger partial charge in [0.05, 0.1) is 0 Å². The summed E-state index contributed by atoms with van der Waals surface area (Å²) in [5.41, 5.74) is 0. The van der Waals surface area contributed by atoms with Gasteiger partial charge in [-0.05, 0) is 0 Å². The van der Waals surface area contributed by atoms with E-state index in [0.717, 1.165) is 0 Å². The van der Waals surface area contributed by atoms with Crippen molar-refractivity contribution in [2.45, 2.75) is 0 Å². The molecule has 68 valence electrons. The van der Waals surface area contributed by atoms with Crippen LogP contribution in [-0.2, 0) is 23.2 Å². The standard InChI is InChI=1S/2C3H3AsP.2ClH.Zr/c2*1-2-4-5-3-1;;;/h2*1-2,4H;2*1H;/q;;;;+2/p-2. The Bertz CT molecular complexity index is 260. The Balaban J connectivity index is 0.000000720. The van der Waals surface area contributed by atoms with Crippen LogP contribution in [0.4, 0.5) is 0 Å². The molecule has 13 heavy (non-hydrogen) atoms. The van der Waals surface area contributed by atoms with Gasteiger partial charge in [-0.2, -0.15) is 0 Å². The van der Waals surface area contributed by atoms with Crippen LogP contribution in [-0.4, -0.2) is 36.6 Å². The molecule has 0 nitrogen and oxygen atoms in total. The second kappa shape index (κ2) is 8.54. The van der Waals surface area contributed by atoms with Crippen LogP contribution in [0.1, 0.15) is 0 Å². The Morgan fingerprint density at radius 2 is 1.38 bits per heavy atom. The van der Waals surface area contributed by atoms with Crippen molar-refractivity contribution in [3.8, 4) is 0 Å². The Morgan fingerprint density at radius 1 is 0.923 bits per heavy atom. The summed E-state index contributed by atoms with van der Waals surface area (Å²) in [7, 11) is 0. The summed E-state index contributed by atoms with van der Waals surface area (Å²) in [6.45, 7) is 3.48. The maximum atomic E-state index is 2.45. The molecule has 0 saturated heterocycles. The van der Waals surface area contributed by atoms with E-state index in [9.17, 15) is 0 Å². The largest absolute Gasteiger partial charge is 1.00 e. The fraction of sp³-hybridized carbons (Fsp3) is 0. The van der Waals surface area contributed by atoms with E-state index in [4.69, 9.17) is 0 Å². The molecule has 0 aromatic heterocycles. The van der Waals surface area contributed by atoms with Crippen LogP contribution in [0.3, 0.4) is 0 Å². The molecule has 0 aliphatic carbocycles. The van der Waals surface area contributed by atoms with E-state index in [1.54, 1.807) is 13.5 Å². The maximum absolute atomic E-state index is 2.45. The second-order valence-electron chi connectivity index (χ2n) is 2.04. The minimum atomic E-state index is -0.211. The first-order valence-corrected chi connectivity index (χ1v) is 15.5. The van der Waals surface area contributed by atoms with Crippen LogP contribution in [0.2, 0.25) is 0 Å². The van der Waals surface area contributed by atoms with Gasteiger partial charge >= 0.3 is 95.2 Å². The van der Waals surface area contributed by atoms with Gasteiger partial charge in [-0.15, -0.1) is 0 Å². The zero-order valence-electron chi connectivity index (χ0n) is 6.46. The first-order valence-electron chi connectivity index (χ1n) is 3.22. The minimum Gasteiger partial charge on any atom is -1.00 e. The summed E-state index contributed by atoms with van der Waals surface area (Å²) >= 11 is 0.452. The monoisotopic (exact) mass is 450 g/mol. The topological polar surface area (TPSA) is 0 Å². The Morgan fingerprint density at radius 3 is 1.69 bits per heavy atom. The van der Waals surface area contributed by atoms with Crippen molar-refractivity contribution in [1.82, 2.24) is 0 Å². The Kier molecular flexibility index (Phi) is 10.1. The molecule has 2 atom stereocenters. The molecule has 2 aliphatic rings. The summed E-state index contributed by atoms with van der Waals surface area (Å²) in [5.74, 6) is 0. The molecule has 0 radical (unpaired) electrons. The molecule has 2 rings (SSSR count). The van der Waals surface area contributed by atoms with Crippen molar-refractivity contribution in [2.75, 3.05) is 0 Å². The van der Waals surface area contributed by atoms with Crippen molar-refractivity contribution in [2.24, 2.45) is 0 Å². The van der Waals surface area contributed by atoms with Gasteiger partial charge in [0.15, 0.2) is 0 Å². The number of hydrogen-bond acceptors (Lipinski definition) is 0. The number of hydrogen-bond donors (Lipinski definition) is 0. The van der Waals surface area contributed by atoms with Crippen molar-refractivity contribution >= 4 is 50.1 Å². The number of rotatable bonds is 2. The molecule has 2 unspecified atom stereocenters. The third-order valence-corrected chi connectivity index (χ3v) is 21.8. The molecule has 0 bridgehead atoms. The van der Waals surface area contributed by atoms with Crippen LogP contribution < -0.4 is 24.8 Å². The Labute approximate surface area is 118 Å². The van der Waals surface area contributed by atoms with E-state index >= 15 is 0 Å². The molecule has 0 fully saturated rings. The molecule has 0 N–H and O–H groups in total. The maximum Gasteiger partial charge on any atom is -1.00 e. The molecule has 0 aromatic carbocycles.